The van der Waals surface area contributed by atoms with Crippen molar-refractivity contribution in [3.05, 3.63) is 89.5 Å². The summed E-state index contributed by atoms with van der Waals surface area (Å²) in [7, 11) is 3.22. The molecular formula is C23H23NO4. The second-order valence-electron chi connectivity index (χ2n) is 6.16. The molecular weight excluding hydrogens is 354 g/mol. The molecule has 5 heteroatoms. The van der Waals surface area contributed by atoms with Gasteiger partial charge in [-0.25, -0.2) is 0 Å². The van der Waals surface area contributed by atoms with E-state index < -0.39 is 0 Å². The minimum absolute atomic E-state index is 0.141. The highest BCUT2D eigenvalue weighted by molar-refractivity contribution is 5.94. The number of amides is 1. The van der Waals surface area contributed by atoms with E-state index in [1.165, 1.54) is 0 Å². The minimum atomic E-state index is -0.141. The number of methoxy groups -OCH3 is 2. The standard InChI is InChI=1S/C23H23NO4/c1-26-20-9-11-21(12-10-20)28-16-19-14-18(8-13-22(19)27-2)23(25)24-15-17-6-4-3-5-7-17/h3-14H,15-16H2,1-2H3,(H,24,25). The van der Waals surface area contributed by atoms with Gasteiger partial charge in [0.15, 0.2) is 0 Å². The summed E-state index contributed by atoms with van der Waals surface area (Å²) in [6.07, 6.45) is 0. The largest absolute Gasteiger partial charge is 0.497 e. The van der Waals surface area contributed by atoms with Crippen molar-refractivity contribution < 1.29 is 19.0 Å². The molecule has 0 atom stereocenters. The molecule has 0 heterocycles. The number of benzene rings is 3. The molecule has 1 amide bonds. The number of hydrogen-bond acceptors (Lipinski definition) is 4. The Labute approximate surface area is 164 Å². The number of rotatable bonds is 8. The molecule has 0 aliphatic heterocycles. The number of hydrogen-bond donors (Lipinski definition) is 1. The molecule has 0 fully saturated rings. The lowest BCUT2D eigenvalue weighted by atomic mass is 10.1. The lowest BCUT2D eigenvalue weighted by Crippen LogP contribution is -2.23. The fourth-order valence-electron chi connectivity index (χ4n) is 2.75. The van der Waals surface area contributed by atoms with Crippen LogP contribution in [0.15, 0.2) is 72.8 Å². The van der Waals surface area contributed by atoms with Crippen molar-refractivity contribution >= 4 is 5.91 Å². The zero-order valence-electron chi connectivity index (χ0n) is 16.0. The van der Waals surface area contributed by atoms with Gasteiger partial charge in [0, 0.05) is 17.7 Å². The molecule has 5 nitrogen and oxygen atoms in total. The van der Waals surface area contributed by atoms with Crippen molar-refractivity contribution in [1.82, 2.24) is 5.32 Å². The predicted molar refractivity (Wildman–Crippen MR) is 108 cm³/mol. The van der Waals surface area contributed by atoms with E-state index in [0.29, 0.717) is 23.6 Å². The first-order chi connectivity index (χ1) is 13.7. The highest BCUT2D eigenvalue weighted by Crippen LogP contribution is 2.23. The monoisotopic (exact) mass is 377 g/mol. The zero-order chi connectivity index (χ0) is 19.8. The highest BCUT2D eigenvalue weighted by atomic mass is 16.5. The van der Waals surface area contributed by atoms with E-state index in [1.54, 1.807) is 32.4 Å². The fourth-order valence-corrected chi connectivity index (χ4v) is 2.75. The highest BCUT2D eigenvalue weighted by Gasteiger charge is 2.11. The van der Waals surface area contributed by atoms with Gasteiger partial charge in [-0.3, -0.25) is 4.79 Å². The summed E-state index contributed by atoms with van der Waals surface area (Å²) in [6.45, 7) is 0.763. The van der Waals surface area contributed by atoms with Gasteiger partial charge >= 0.3 is 0 Å². The van der Waals surface area contributed by atoms with Crippen LogP contribution in [0.3, 0.4) is 0 Å². The van der Waals surface area contributed by atoms with Crippen LogP contribution in [-0.4, -0.2) is 20.1 Å². The van der Waals surface area contributed by atoms with Gasteiger partial charge in [0.2, 0.25) is 0 Å². The smallest absolute Gasteiger partial charge is 0.251 e. The molecule has 0 bridgehead atoms. The summed E-state index contributed by atoms with van der Waals surface area (Å²) in [4.78, 5) is 12.5. The van der Waals surface area contributed by atoms with Crippen molar-refractivity contribution in [3.63, 3.8) is 0 Å². The van der Waals surface area contributed by atoms with E-state index in [0.717, 1.165) is 16.9 Å². The maximum absolute atomic E-state index is 12.5. The number of nitrogens with one attached hydrogen (secondary N) is 1. The quantitative estimate of drug-likeness (QED) is 0.639. The van der Waals surface area contributed by atoms with E-state index in [-0.39, 0.29) is 12.5 Å². The Bertz CT molecular complexity index is 908. The van der Waals surface area contributed by atoms with Gasteiger partial charge in [-0.15, -0.1) is 0 Å². The molecule has 0 spiro atoms. The molecule has 0 saturated heterocycles. The summed E-state index contributed by atoms with van der Waals surface area (Å²) in [5.41, 5.74) is 2.41. The molecule has 144 valence electrons. The molecule has 28 heavy (non-hydrogen) atoms. The molecule has 0 saturated carbocycles. The van der Waals surface area contributed by atoms with Gasteiger partial charge in [-0.2, -0.15) is 0 Å². The first-order valence-electron chi connectivity index (χ1n) is 8.95. The van der Waals surface area contributed by atoms with Crippen LogP contribution >= 0.6 is 0 Å². The molecule has 0 unspecified atom stereocenters. The van der Waals surface area contributed by atoms with Crippen molar-refractivity contribution in [1.29, 1.82) is 0 Å². The topological polar surface area (TPSA) is 56.8 Å². The van der Waals surface area contributed by atoms with Crippen molar-refractivity contribution in [3.8, 4) is 17.2 Å². The first-order valence-corrected chi connectivity index (χ1v) is 8.95. The van der Waals surface area contributed by atoms with Gasteiger partial charge in [0.05, 0.1) is 14.2 Å². The molecule has 0 aliphatic rings. The van der Waals surface area contributed by atoms with Gasteiger partial charge in [0.1, 0.15) is 23.9 Å². The van der Waals surface area contributed by atoms with E-state index in [2.05, 4.69) is 5.32 Å². The molecule has 3 rings (SSSR count). The molecule has 0 aliphatic carbocycles. The van der Waals surface area contributed by atoms with Gasteiger partial charge in [0.25, 0.3) is 5.91 Å². The molecule has 0 radical (unpaired) electrons. The van der Waals surface area contributed by atoms with Gasteiger partial charge in [-0.1, -0.05) is 30.3 Å². The van der Waals surface area contributed by atoms with Crippen LogP contribution in [0, 0.1) is 0 Å². The maximum Gasteiger partial charge on any atom is 0.251 e. The van der Waals surface area contributed by atoms with Crippen LogP contribution in [0.4, 0.5) is 0 Å². The molecule has 3 aromatic rings. The molecule has 1 N–H and O–H groups in total. The van der Waals surface area contributed by atoms with E-state index in [1.807, 2.05) is 54.6 Å². The van der Waals surface area contributed by atoms with Crippen LogP contribution in [0.1, 0.15) is 21.5 Å². The lowest BCUT2D eigenvalue weighted by Gasteiger charge is -2.13. The van der Waals surface area contributed by atoms with Crippen LogP contribution in [0.25, 0.3) is 0 Å². The Hall–Kier alpha value is -3.47. The summed E-state index contributed by atoms with van der Waals surface area (Å²) >= 11 is 0. The summed E-state index contributed by atoms with van der Waals surface area (Å²) in [6, 6.07) is 22.5. The van der Waals surface area contributed by atoms with Crippen LogP contribution in [0.5, 0.6) is 17.2 Å². The minimum Gasteiger partial charge on any atom is -0.497 e. The lowest BCUT2D eigenvalue weighted by molar-refractivity contribution is 0.0950. The van der Waals surface area contributed by atoms with E-state index in [4.69, 9.17) is 14.2 Å². The first kappa shape index (κ1) is 19.3. The average molecular weight is 377 g/mol. The normalized spacial score (nSPS) is 10.2. The maximum atomic E-state index is 12.5. The van der Waals surface area contributed by atoms with Crippen molar-refractivity contribution in [2.45, 2.75) is 13.2 Å². The van der Waals surface area contributed by atoms with Crippen LogP contribution in [-0.2, 0) is 13.2 Å². The second kappa shape index (κ2) is 9.46. The van der Waals surface area contributed by atoms with Gasteiger partial charge in [-0.05, 0) is 48.0 Å². The van der Waals surface area contributed by atoms with E-state index in [9.17, 15) is 4.79 Å². The Kier molecular flexibility index (Phi) is 6.52. The average Bonchev–Trinajstić information content (AvgIpc) is 2.76. The van der Waals surface area contributed by atoms with Crippen LogP contribution < -0.4 is 19.5 Å². The number of ether oxygens (including phenoxy) is 3. The predicted octanol–water partition coefficient (Wildman–Crippen LogP) is 4.21. The summed E-state index contributed by atoms with van der Waals surface area (Å²) in [5, 5.41) is 2.93. The van der Waals surface area contributed by atoms with Crippen molar-refractivity contribution in [2.75, 3.05) is 14.2 Å². The Balaban J connectivity index is 1.67. The van der Waals surface area contributed by atoms with Gasteiger partial charge < -0.3 is 19.5 Å². The number of carbonyl (C=O) groups is 1. The van der Waals surface area contributed by atoms with E-state index >= 15 is 0 Å². The fraction of sp³-hybridized carbons (Fsp3) is 0.174. The third-order valence-corrected chi connectivity index (χ3v) is 4.29. The molecule has 3 aromatic carbocycles. The molecule has 0 aromatic heterocycles. The zero-order valence-corrected chi connectivity index (χ0v) is 16.0. The Morgan fingerprint density at radius 2 is 1.57 bits per heavy atom. The Morgan fingerprint density at radius 3 is 2.25 bits per heavy atom. The van der Waals surface area contributed by atoms with Crippen molar-refractivity contribution in [2.24, 2.45) is 0 Å². The number of carbonyl (C=O) groups excluding carboxylic acids is 1. The summed E-state index contributed by atoms with van der Waals surface area (Å²) < 4.78 is 16.4. The second-order valence-corrected chi connectivity index (χ2v) is 6.16. The third-order valence-electron chi connectivity index (χ3n) is 4.29. The summed E-state index contributed by atoms with van der Waals surface area (Å²) in [5.74, 6) is 2.01. The van der Waals surface area contributed by atoms with Crippen LogP contribution in [0.2, 0.25) is 0 Å². The Morgan fingerprint density at radius 1 is 0.857 bits per heavy atom. The SMILES string of the molecule is COc1ccc(OCc2cc(C(=O)NCc3ccccc3)ccc2OC)cc1. The third kappa shape index (κ3) is 5.04.